The van der Waals surface area contributed by atoms with Crippen molar-refractivity contribution in [2.45, 2.75) is 32.4 Å². The fourth-order valence-electron chi connectivity index (χ4n) is 1.77. The molecule has 0 radical (unpaired) electrons. The second kappa shape index (κ2) is 6.45. The quantitative estimate of drug-likeness (QED) is 0.914. The lowest BCUT2D eigenvalue weighted by molar-refractivity contribution is -0.129. The van der Waals surface area contributed by atoms with Crippen LogP contribution in [-0.2, 0) is 10.3 Å². The average molecular weight is 325 g/mol. The van der Waals surface area contributed by atoms with Crippen LogP contribution in [0, 0.1) is 0 Å². The Labute approximate surface area is 133 Å². The van der Waals surface area contributed by atoms with Crippen molar-refractivity contribution in [1.82, 2.24) is 10.3 Å². The molecule has 1 heterocycles. The van der Waals surface area contributed by atoms with Crippen LogP contribution < -0.4 is 10.1 Å². The Hall–Kier alpha value is -1.59. The van der Waals surface area contributed by atoms with Gasteiger partial charge in [0.05, 0.1) is 5.54 Å². The number of rotatable bonds is 5. The maximum Gasteiger partial charge on any atom is 0.261 e. The standard InChI is InChI=1S/C15H17ClN2O2S/c1-10(20-12-6-4-11(16)5-7-12)13(19)18-15(2,3)14-17-8-9-21-14/h4-10H,1-3H3,(H,18,19). The van der Waals surface area contributed by atoms with Crippen molar-refractivity contribution in [3.63, 3.8) is 0 Å². The van der Waals surface area contributed by atoms with Crippen LogP contribution >= 0.6 is 22.9 Å². The van der Waals surface area contributed by atoms with E-state index in [9.17, 15) is 4.79 Å². The number of aromatic nitrogens is 1. The summed E-state index contributed by atoms with van der Waals surface area (Å²) in [5, 5.41) is 6.32. The zero-order valence-electron chi connectivity index (χ0n) is 12.1. The molecule has 0 saturated heterocycles. The van der Waals surface area contributed by atoms with E-state index in [1.807, 2.05) is 19.2 Å². The Kier molecular flexibility index (Phi) is 4.85. The lowest BCUT2D eigenvalue weighted by atomic mass is 10.1. The molecule has 6 heteroatoms. The summed E-state index contributed by atoms with van der Waals surface area (Å²) in [4.78, 5) is 16.5. The number of carbonyl (C=O) groups is 1. The zero-order chi connectivity index (χ0) is 15.5. The second-order valence-electron chi connectivity index (χ2n) is 5.17. The predicted molar refractivity (Wildman–Crippen MR) is 84.8 cm³/mol. The first-order chi connectivity index (χ1) is 9.88. The predicted octanol–water partition coefficient (Wildman–Crippen LogP) is 3.62. The van der Waals surface area contributed by atoms with E-state index in [0.29, 0.717) is 10.8 Å². The van der Waals surface area contributed by atoms with Gasteiger partial charge in [-0.2, -0.15) is 0 Å². The lowest BCUT2D eigenvalue weighted by Gasteiger charge is -2.26. The molecule has 4 nitrogen and oxygen atoms in total. The molecule has 1 aromatic carbocycles. The minimum absolute atomic E-state index is 0.190. The monoisotopic (exact) mass is 324 g/mol. The van der Waals surface area contributed by atoms with E-state index < -0.39 is 11.6 Å². The third-order valence-corrected chi connectivity index (χ3v) is 4.25. The molecule has 21 heavy (non-hydrogen) atoms. The van der Waals surface area contributed by atoms with Crippen LogP contribution in [0.1, 0.15) is 25.8 Å². The summed E-state index contributed by atoms with van der Waals surface area (Å²) in [5.41, 5.74) is -0.525. The highest BCUT2D eigenvalue weighted by Gasteiger charge is 2.28. The Morgan fingerprint density at radius 1 is 1.38 bits per heavy atom. The Morgan fingerprint density at radius 2 is 2.05 bits per heavy atom. The van der Waals surface area contributed by atoms with E-state index in [0.717, 1.165) is 5.01 Å². The zero-order valence-corrected chi connectivity index (χ0v) is 13.7. The first-order valence-electron chi connectivity index (χ1n) is 6.53. The average Bonchev–Trinajstić information content (AvgIpc) is 2.95. The first-order valence-corrected chi connectivity index (χ1v) is 7.78. The highest BCUT2D eigenvalue weighted by Crippen LogP contribution is 2.22. The third kappa shape index (κ3) is 4.19. The summed E-state index contributed by atoms with van der Waals surface area (Å²) in [6, 6.07) is 6.91. The molecule has 0 spiro atoms. The van der Waals surface area contributed by atoms with E-state index in [4.69, 9.17) is 16.3 Å². The molecule has 2 aromatic rings. The van der Waals surface area contributed by atoms with Crippen molar-refractivity contribution >= 4 is 28.8 Å². The number of nitrogens with one attached hydrogen (secondary N) is 1. The first kappa shape index (κ1) is 15.8. The van der Waals surface area contributed by atoms with Gasteiger partial charge in [0.2, 0.25) is 0 Å². The van der Waals surface area contributed by atoms with Crippen molar-refractivity contribution in [3.8, 4) is 5.75 Å². The minimum atomic E-state index is -0.606. The number of carbonyl (C=O) groups excluding carboxylic acids is 1. The van der Waals surface area contributed by atoms with Gasteiger partial charge in [-0.25, -0.2) is 4.98 Å². The van der Waals surface area contributed by atoms with Crippen molar-refractivity contribution < 1.29 is 9.53 Å². The van der Waals surface area contributed by atoms with E-state index >= 15 is 0 Å². The molecule has 0 fully saturated rings. The van der Waals surface area contributed by atoms with Crippen LogP contribution in [0.4, 0.5) is 0 Å². The van der Waals surface area contributed by atoms with Gasteiger partial charge in [-0.1, -0.05) is 11.6 Å². The fourth-order valence-corrected chi connectivity index (χ4v) is 2.61. The van der Waals surface area contributed by atoms with Gasteiger partial charge < -0.3 is 10.1 Å². The molecule has 1 atom stereocenters. The van der Waals surface area contributed by atoms with Crippen LogP contribution in [0.5, 0.6) is 5.75 Å². The summed E-state index contributed by atoms with van der Waals surface area (Å²) in [6.07, 6.45) is 1.12. The number of benzene rings is 1. The number of thiazole rings is 1. The summed E-state index contributed by atoms with van der Waals surface area (Å²) in [5.74, 6) is 0.416. The second-order valence-corrected chi connectivity index (χ2v) is 6.50. The van der Waals surface area contributed by atoms with E-state index in [-0.39, 0.29) is 5.91 Å². The van der Waals surface area contributed by atoms with Crippen molar-refractivity contribution in [2.75, 3.05) is 0 Å². The van der Waals surface area contributed by atoms with Gasteiger partial charge in [0, 0.05) is 16.6 Å². The molecule has 112 valence electrons. The fraction of sp³-hybridized carbons (Fsp3) is 0.333. The lowest BCUT2D eigenvalue weighted by Crippen LogP contribution is -2.46. The smallest absolute Gasteiger partial charge is 0.261 e. The molecule has 0 aliphatic carbocycles. The molecule has 0 aliphatic heterocycles. The maximum absolute atomic E-state index is 12.2. The van der Waals surface area contributed by atoms with Gasteiger partial charge in [0.15, 0.2) is 6.10 Å². The number of nitrogens with zero attached hydrogens (tertiary/aromatic N) is 1. The highest BCUT2D eigenvalue weighted by molar-refractivity contribution is 7.09. The number of hydrogen-bond donors (Lipinski definition) is 1. The number of halogens is 1. The topological polar surface area (TPSA) is 51.2 Å². The molecular formula is C15H17ClN2O2S. The van der Waals surface area contributed by atoms with Gasteiger partial charge in [0.1, 0.15) is 10.8 Å². The van der Waals surface area contributed by atoms with E-state index in [1.165, 1.54) is 11.3 Å². The Morgan fingerprint density at radius 3 is 2.62 bits per heavy atom. The number of hydrogen-bond acceptors (Lipinski definition) is 4. The van der Waals surface area contributed by atoms with Gasteiger partial charge in [0.25, 0.3) is 5.91 Å². The molecule has 1 unspecified atom stereocenters. The van der Waals surface area contributed by atoms with Crippen LogP contribution in [-0.4, -0.2) is 17.0 Å². The van der Waals surface area contributed by atoms with Gasteiger partial charge >= 0.3 is 0 Å². The van der Waals surface area contributed by atoms with E-state index in [1.54, 1.807) is 37.4 Å². The van der Waals surface area contributed by atoms with Gasteiger partial charge in [-0.3, -0.25) is 4.79 Å². The normalized spacial score (nSPS) is 12.8. The minimum Gasteiger partial charge on any atom is -0.481 e. The third-order valence-electron chi connectivity index (χ3n) is 2.90. The number of ether oxygens (including phenoxy) is 1. The Balaban J connectivity index is 1.98. The highest BCUT2D eigenvalue weighted by atomic mass is 35.5. The molecule has 0 aliphatic rings. The molecule has 1 aromatic heterocycles. The molecule has 2 rings (SSSR count). The number of amides is 1. The molecular weight excluding hydrogens is 308 g/mol. The summed E-state index contributed by atoms with van der Waals surface area (Å²) < 4.78 is 5.61. The summed E-state index contributed by atoms with van der Waals surface area (Å²) in [6.45, 7) is 5.54. The molecule has 0 saturated carbocycles. The van der Waals surface area contributed by atoms with Gasteiger partial charge in [-0.15, -0.1) is 11.3 Å². The van der Waals surface area contributed by atoms with Crippen LogP contribution in [0.2, 0.25) is 5.02 Å². The summed E-state index contributed by atoms with van der Waals surface area (Å²) in [7, 11) is 0. The van der Waals surface area contributed by atoms with Crippen molar-refractivity contribution in [2.24, 2.45) is 0 Å². The molecule has 0 bridgehead atoms. The van der Waals surface area contributed by atoms with Crippen LogP contribution in [0.15, 0.2) is 35.8 Å². The van der Waals surface area contributed by atoms with Gasteiger partial charge in [-0.05, 0) is 45.0 Å². The van der Waals surface area contributed by atoms with Crippen LogP contribution in [0.25, 0.3) is 0 Å². The Bertz CT molecular complexity index is 597. The molecule has 1 amide bonds. The van der Waals surface area contributed by atoms with Crippen molar-refractivity contribution in [3.05, 3.63) is 45.9 Å². The van der Waals surface area contributed by atoms with Crippen LogP contribution in [0.3, 0.4) is 0 Å². The molecule has 1 N–H and O–H groups in total. The van der Waals surface area contributed by atoms with E-state index in [2.05, 4.69) is 10.3 Å². The van der Waals surface area contributed by atoms with Crippen molar-refractivity contribution in [1.29, 1.82) is 0 Å². The SMILES string of the molecule is CC(Oc1ccc(Cl)cc1)C(=O)NC(C)(C)c1nccs1. The summed E-state index contributed by atoms with van der Waals surface area (Å²) >= 11 is 7.32. The maximum atomic E-state index is 12.2. The largest absolute Gasteiger partial charge is 0.481 e.